The molecule has 154 valence electrons. The molecule has 0 bridgehead atoms. The molecule has 0 radical (unpaired) electrons. The second-order valence-electron chi connectivity index (χ2n) is 8.20. The molecule has 3 unspecified atom stereocenters. The first-order chi connectivity index (χ1) is 14.6. The lowest BCUT2D eigenvalue weighted by molar-refractivity contribution is -0.131. The van der Waals surface area contributed by atoms with Crippen molar-refractivity contribution in [2.45, 2.75) is 49.6 Å². The number of hydrogen-bond donors (Lipinski definition) is 0. The minimum atomic E-state index is -0.506. The molecular formula is C24H24N2O3S. The first-order valence-corrected chi connectivity index (χ1v) is 11.7. The maximum atomic E-state index is 13.6. The second-order valence-corrected chi connectivity index (χ2v) is 9.08. The minimum absolute atomic E-state index is 0.0726. The Kier molecular flexibility index (Phi) is 4.89. The van der Waals surface area contributed by atoms with Crippen LogP contribution in [0.25, 0.3) is 0 Å². The Morgan fingerprint density at radius 3 is 2.60 bits per heavy atom. The monoisotopic (exact) mass is 420 g/mol. The fourth-order valence-corrected chi connectivity index (χ4v) is 5.24. The van der Waals surface area contributed by atoms with Gasteiger partial charge in [-0.15, -0.1) is 11.8 Å². The van der Waals surface area contributed by atoms with Gasteiger partial charge in [0, 0.05) is 11.1 Å². The van der Waals surface area contributed by atoms with E-state index in [4.69, 9.17) is 4.74 Å². The molecule has 3 aliphatic rings. The third kappa shape index (κ3) is 3.05. The van der Waals surface area contributed by atoms with Gasteiger partial charge in [0.05, 0.1) is 17.5 Å². The lowest BCUT2D eigenvalue weighted by Gasteiger charge is -2.35. The average molecular weight is 421 g/mol. The van der Waals surface area contributed by atoms with Gasteiger partial charge >= 0.3 is 0 Å². The average Bonchev–Trinajstić information content (AvgIpc) is 3.06. The molecular weight excluding hydrogens is 396 g/mol. The van der Waals surface area contributed by atoms with Gasteiger partial charge in [0.25, 0.3) is 5.91 Å². The van der Waals surface area contributed by atoms with E-state index < -0.39 is 6.04 Å². The first kappa shape index (κ1) is 19.4. The molecule has 1 saturated carbocycles. The number of ketones is 1. The van der Waals surface area contributed by atoms with Crippen LogP contribution < -0.4 is 4.90 Å². The van der Waals surface area contributed by atoms with E-state index in [0.717, 1.165) is 41.7 Å². The summed E-state index contributed by atoms with van der Waals surface area (Å²) >= 11 is 1.66. The van der Waals surface area contributed by atoms with Crippen LogP contribution in [0.2, 0.25) is 0 Å². The number of fused-ring (bicyclic) bond motifs is 1. The van der Waals surface area contributed by atoms with Crippen molar-refractivity contribution in [1.82, 2.24) is 4.98 Å². The van der Waals surface area contributed by atoms with E-state index in [1.807, 2.05) is 49.6 Å². The molecule has 2 aliphatic heterocycles. The van der Waals surface area contributed by atoms with Crippen molar-refractivity contribution in [3.8, 4) is 0 Å². The first-order valence-electron chi connectivity index (χ1n) is 10.4. The Morgan fingerprint density at radius 1 is 1.10 bits per heavy atom. The summed E-state index contributed by atoms with van der Waals surface area (Å²) in [5.74, 6) is 0.435. The lowest BCUT2D eigenvalue weighted by atomic mass is 9.77. The van der Waals surface area contributed by atoms with Crippen LogP contribution in [0.3, 0.4) is 0 Å². The van der Waals surface area contributed by atoms with Crippen molar-refractivity contribution in [2.24, 2.45) is 5.92 Å². The van der Waals surface area contributed by atoms with E-state index >= 15 is 0 Å². The summed E-state index contributed by atoms with van der Waals surface area (Å²) in [5, 5.41) is 0. The van der Waals surface area contributed by atoms with Gasteiger partial charge in [-0.25, -0.2) is 4.98 Å². The van der Waals surface area contributed by atoms with E-state index in [0.29, 0.717) is 11.4 Å². The number of nitrogens with zero attached hydrogens (tertiary/aromatic N) is 2. The minimum Gasteiger partial charge on any atom is -0.483 e. The molecule has 1 aromatic heterocycles. The van der Waals surface area contributed by atoms with Gasteiger partial charge in [0.15, 0.2) is 11.5 Å². The predicted molar refractivity (Wildman–Crippen MR) is 116 cm³/mol. The summed E-state index contributed by atoms with van der Waals surface area (Å²) in [4.78, 5) is 34.4. The summed E-state index contributed by atoms with van der Waals surface area (Å²) in [7, 11) is 0. The molecule has 1 aliphatic carbocycles. The molecule has 0 N–H and O–H groups in total. The number of aryl methyl sites for hydroxylation is 1. The van der Waals surface area contributed by atoms with E-state index in [-0.39, 0.29) is 29.5 Å². The number of carbonyl (C=O) groups excluding carboxylic acids is 2. The Hall–Kier alpha value is -2.60. The number of pyridine rings is 1. The van der Waals surface area contributed by atoms with Crippen molar-refractivity contribution in [3.63, 3.8) is 0 Å². The molecule has 3 heterocycles. The highest BCUT2D eigenvalue weighted by atomic mass is 32.2. The zero-order valence-corrected chi connectivity index (χ0v) is 17.9. The maximum absolute atomic E-state index is 13.6. The molecule has 2 aromatic rings. The van der Waals surface area contributed by atoms with Crippen LogP contribution >= 0.6 is 11.8 Å². The van der Waals surface area contributed by atoms with Crippen molar-refractivity contribution >= 4 is 29.3 Å². The summed E-state index contributed by atoms with van der Waals surface area (Å²) in [6, 6.07) is 11.3. The molecule has 5 nitrogen and oxygen atoms in total. The Balaban J connectivity index is 1.65. The molecule has 1 fully saturated rings. The number of aromatic nitrogens is 1. The van der Waals surface area contributed by atoms with Crippen molar-refractivity contribution in [1.29, 1.82) is 0 Å². The van der Waals surface area contributed by atoms with Gasteiger partial charge in [-0.05, 0) is 67.8 Å². The fourth-order valence-electron chi connectivity index (χ4n) is 4.83. The van der Waals surface area contributed by atoms with Gasteiger partial charge < -0.3 is 4.74 Å². The SMILES string of the molecule is CSc1ccc(C2C3=C(OC4CCCCC4C3=O)C(=O)N2c2cc(C)ccn2)cc1. The smallest absolute Gasteiger partial charge is 0.295 e. The van der Waals surface area contributed by atoms with Gasteiger partial charge in [0.1, 0.15) is 11.9 Å². The van der Waals surface area contributed by atoms with Crippen LogP contribution in [0.1, 0.15) is 42.9 Å². The Labute approximate surface area is 180 Å². The maximum Gasteiger partial charge on any atom is 0.295 e. The van der Waals surface area contributed by atoms with Gasteiger partial charge in [-0.3, -0.25) is 14.5 Å². The summed E-state index contributed by atoms with van der Waals surface area (Å²) in [6.07, 6.45) is 7.27. The summed E-state index contributed by atoms with van der Waals surface area (Å²) in [5.41, 5.74) is 2.42. The molecule has 3 atom stereocenters. The molecule has 5 rings (SSSR count). The molecule has 0 spiro atoms. The standard InChI is InChI=1S/C24H24N2O3S/c1-14-11-12-25-19(13-14)26-21(15-7-9-16(30-2)10-8-15)20-22(27)17-5-3-4-6-18(17)29-23(20)24(26)28/h7-13,17-18,21H,3-6H2,1-2H3. The number of rotatable bonds is 3. The number of amides is 1. The van der Waals surface area contributed by atoms with Crippen LogP contribution in [0, 0.1) is 12.8 Å². The zero-order chi connectivity index (χ0) is 20.8. The van der Waals surface area contributed by atoms with Crippen LogP contribution in [-0.4, -0.2) is 29.0 Å². The van der Waals surface area contributed by atoms with E-state index in [2.05, 4.69) is 4.98 Å². The number of Topliss-reactive ketones (excluding diaryl/α,β-unsaturated/α-hetero) is 1. The quantitative estimate of drug-likeness (QED) is 0.679. The van der Waals surface area contributed by atoms with Crippen LogP contribution in [0.4, 0.5) is 5.82 Å². The van der Waals surface area contributed by atoms with Crippen molar-refractivity contribution in [3.05, 3.63) is 65.1 Å². The Bertz CT molecular complexity index is 1050. The fraction of sp³-hybridized carbons (Fsp3) is 0.375. The van der Waals surface area contributed by atoms with E-state index in [1.54, 1.807) is 22.9 Å². The highest BCUT2D eigenvalue weighted by Crippen LogP contribution is 2.48. The molecule has 0 saturated heterocycles. The third-order valence-corrected chi connectivity index (χ3v) is 7.09. The topological polar surface area (TPSA) is 59.5 Å². The second kappa shape index (κ2) is 7.58. The van der Waals surface area contributed by atoms with Gasteiger partial charge in [0.2, 0.25) is 0 Å². The molecule has 30 heavy (non-hydrogen) atoms. The molecule has 6 heteroatoms. The van der Waals surface area contributed by atoms with Gasteiger partial charge in [-0.1, -0.05) is 18.6 Å². The number of hydrogen-bond acceptors (Lipinski definition) is 5. The van der Waals surface area contributed by atoms with Crippen LogP contribution in [0.15, 0.2) is 58.8 Å². The number of benzene rings is 1. The number of thioether (sulfide) groups is 1. The molecule has 1 amide bonds. The third-order valence-electron chi connectivity index (χ3n) is 6.34. The summed E-state index contributed by atoms with van der Waals surface area (Å²) < 4.78 is 6.21. The molecule has 1 aromatic carbocycles. The predicted octanol–water partition coefficient (Wildman–Crippen LogP) is 4.61. The van der Waals surface area contributed by atoms with Gasteiger partial charge in [-0.2, -0.15) is 0 Å². The number of ether oxygens (including phenoxy) is 1. The van der Waals surface area contributed by atoms with E-state index in [1.165, 1.54) is 0 Å². The largest absolute Gasteiger partial charge is 0.483 e. The summed E-state index contributed by atoms with van der Waals surface area (Å²) in [6.45, 7) is 1.97. The van der Waals surface area contributed by atoms with E-state index in [9.17, 15) is 9.59 Å². The highest BCUT2D eigenvalue weighted by molar-refractivity contribution is 7.98. The van der Waals surface area contributed by atoms with Crippen LogP contribution in [0.5, 0.6) is 0 Å². The normalized spacial score (nSPS) is 25.8. The lowest BCUT2D eigenvalue weighted by Crippen LogP contribution is -2.39. The van der Waals surface area contributed by atoms with Crippen LogP contribution in [-0.2, 0) is 14.3 Å². The Morgan fingerprint density at radius 2 is 1.87 bits per heavy atom. The number of anilines is 1. The van der Waals surface area contributed by atoms with Crippen molar-refractivity contribution in [2.75, 3.05) is 11.2 Å². The van der Waals surface area contributed by atoms with Crippen molar-refractivity contribution < 1.29 is 14.3 Å². The zero-order valence-electron chi connectivity index (χ0n) is 17.1. The highest BCUT2D eigenvalue weighted by Gasteiger charge is 2.52. The number of carbonyl (C=O) groups is 2.